The van der Waals surface area contributed by atoms with E-state index in [9.17, 15) is 0 Å². The average Bonchev–Trinajstić information content (AvgIpc) is 1.89. The van der Waals surface area contributed by atoms with Crippen LogP contribution in [0, 0.1) is 0 Å². The van der Waals surface area contributed by atoms with Crippen molar-refractivity contribution in [1.29, 1.82) is 0 Å². The van der Waals surface area contributed by atoms with Crippen molar-refractivity contribution < 1.29 is 29.7 Å². The van der Waals surface area contributed by atoms with Crippen molar-refractivity contribution in [3.8, 4) is 0 Å². The number of carboxylic acids is 2. The lowest BCUT2D eigenvalue weighted by molar-refractivity contribution is -0.143. The number of aliphatic hydroxyl groups is 1. The molecule has 0 heterocycles. The summed E-state index contributed by atoms with van der Waals surface area (Å²) in [6.45, 7) is -0.778. The number of carbonyl (C=O) groups is 3. The van der Waals surface area contributed by atoms with E-state index in [1.807, 2.05) is 0 Å². The summed E-state index contributed by atoms with van der Waals surface area (Å²) in [5.74, 6) is -2.62. The number of hydrogen-bond donors (Lipinski definition) is 4. The van der Waals surface area contributed by atoms with Crippen LogP contribution in [0.25, 0.3) is 0 Å². The lowest BCUT2D eigenvalue weighted by Gasteiger charge is -1.72. The van der Waals surface area contributed by atoms with Crippen molar-refractivity contribution in [1.82, 2.24) is 6.15 Å². The van der Waals surface area contributed by atoms with E-state index in [-0.39, 0.29) is 12.4 Å². The molecular formula is C4H9NO6. The van der Waals surface area contributed by atoms with Crippen LogP contribution in [0.2, 0.25) is 0 Å². The SMILES string of the molecule is N.O=C(O)CO.O=CC(=O)O. The minimum absolute atomic E-state index is 0. The molecule has 7 heteroatoms. The first-order valence-corrected chi connectivity index (χ1v) is 2.05. The number of hydrogen-bond acceptors (Lipinski definition) is 5. The highest BCUT2D eigenvalue weighted by Gasteiger charge is 1.82. The van der Waals surface area contributed by atoms with Gasteiger partial charge in [-0.3, -0.25) is 4.79 Å². The van der Waals surface area contributed by atoms with Gasteiger partial charge in [-0.1, -0.05) is 0 Å². The third kappa shape index (κ3) is 56.8. The number of aliphatic hydroxyl groups excluding tert-OH is 1. The lowest BCUT2D eigenvalue weighted by atomic mass is 10.8. The van der Waals surface area contributed by atoms with Gasteiger partial charge >= 0.3 is 11.9 Å². The smallest absolute Gasteiger partial charge is 0.368 e. The van der Waals surface area contributed by atoms with E-state index in [2.05, 4.69) is 0 Å². The highest BCUT2D eigenvalue weighted by Crippen LogP contribution is 1.48. The Balaban J connectivity index is -0.000000107. The van der Waals surface area contributed by atoms with Crippen molar-refractivity contribution in [2.75, 3.05) is 6.61 Å². The summed E-state index contributed by atoms with van der Waals surface area (Å²) < 4.78 is 0. The van der Waals surface area contributed by atoms with Crippen molar-refractivity contribution in [2.45, 2.75) is 0 Å². The van der Waals surface area contributed by atoms with Crippen LogP contribution >= 0.6 is 0 Å². The normalized spacial score (nSPS) is 6.27. The van der Waals surface area contributed by atoms with Crippen molar-refractivity contribution in [2.24, 2.45) is 0 Å². The maximum absolute atomic E-state index is 9.12. The first kappa shape index (κ1) is 16.3. The molecule has 0 atom stereocenters. The molecule has 0 aliphatic rings. The quantitative estimate of drug-likeness (QED) is 0.289. The molecule has 0 rings (SSSR count). The molecule has 0 unspecified atom stereocenters. The fraction of sp³-hybridized carbons (Fsp3) is 0.250. The van der Waals surface area contributed by atoms with E-state index in [0.717, 1.165) is 0 Å². The topological polar surface area (TPSA) is 147 Å². The highest BCUT2D eigenvalue weighted by molar-refractivity contribution is 6.19. The van der Waals surface area contributed by atoms with Crippen molar-refractivity contribution in [3.05, 3.63) is 0 Å². The second kappa shape index (κ2) is 11.3. The first-order chi connectivity index (χ1) is 4.54. The minimum Gasteiger partial charge on any atom is -0.480 e. The van der Waals surface area contributed by atoms with E-state index in [4.69, 9.17) is 29.7 Å². The molecule has 0 aliphatic heterocycles. The maximum atomic E-state index is 9.12. The third-order valence-corrected chi connectivity index (χ3v) is 0.236. The molecule has 0 saturated carbocycles. The van der Waals surface area contributed by atoms with Crippen LogP contribution in [-0.2, 0) is 14.4 Å². The number of aldehydes is 1. The fourth-order valence-electron chi connectivity index (χ4n) is 0. The van der Waals surface area contributed by atoms with Gasteiger partial charge in [-0.2, -0.15) is 0 Å². The Morgan fingerprint density at radius 2 is 1.45 bits per heavy atom. The molecule has 6 N–H and O–H groups in total. The van der Waals surface area contributed by atoms with Gasteiger partial charge in [0.25, 0.3) is 0 Å². The zero-order valence-electron chi connectivity index (χ0n) is 5.56. The predicted molar refractivity (Wildman–Crippen MR) is 33.4 cm³/mol. The summed E-state index contributed by atoms with van der Waals surface area (Å²) in [6.07, 6.45) is -0.167. The van der Waals surface area contributed by atoms with Crippen molar-refractivity contribution >= 4 is 18.2 Å². The molecule has 0 aromatic rings. The highest BCUT2D eigenvalue weighted by atomic mass is 16.4. The lowest BCUT2D eigenvalue weighted by Crippen LogP contribution is -1.98. The molecule has 0 saturated heterocycles. The van der Waals surface area contributed by atoms with Gasteiger partial charge in [-0.25, -0.2) is 9.59 Å². The van der Waals surface area contributed by atoms with Crippen LogP contribution in [0.3, 0.4) is 0 Å². The molecule has 0 aromatic carbocycles. The third-order valence-electron chi connectivity index (χ3n) is 0.236. The molecule has 0 spiro atoms. The van der Waals surface area contributed by atoms with Crippen molar-refractivity contribution in [3.63, 3.8) is 0 Å². The van der Waals surface area contributed by atoms with Crippen LogP contribution in [-0.4, -0.2) is 40.2 Å². The van der Waals surface area contributed by atoms with E-state index in [0.29, 0.717) is 0 Å². The van der Waals surface area contributed by atoms with E-state index in [1.165, 1.54) is 0 Å². The molecule has 0 aliphatic carbocycles. The van der Waals surface area contributed by atoms with Gasteiger partial charge in [0.2, 0.25) is 6.29 Å². The Bertz CT molecular complexity index is 133. The number of carbonyl (C=O) groups excluding carboxylic acids is 1. The average molecular weight is 167 g/mol. The molecule has 0 bridgehead atoms. The molecular weight excluding hydrogens is 158 g/mol. The van der Waals surface area contributed by atoms with Gasteiger partial charge in [0.1, 0.15) is 6.61 Å². The molecule has 11 heavy (non-hydrogen) atoms. The van der Waals surface area contributed by atoms with E-state index >= 15 is 0 Å². The first-order valence-electron chi connectivity index (χ1n) is 2.05. The van der Waals surface area contributed by atoms with Gasteiger partial charge in [-0.15, -0.1) is 0 Å². The van der Waals surface area contributed by atoms with Crippen LogP contribution in [0.15, 0.2) is 0 Å². The van der Waals surface area contributed by atoms with E-state index < -0.39 is 18.5 Å². The van der Waals surface area contributed by atoms with Gasteiger partial charge < -0.3 is 21.5 Å². The molecule has 66 valence electrons. The molecule has 0 fully saturated rings. The van der Waals surface area contributed by atoms with Crippen LogP contribution < -0.4 is 6.15 Å². The van der Waals surface area contributed by atoms with Gasteiger partial charge in [0.15, 0.2) is 0 Å². The molecule has 7 nitrogen and oxygen atoms in total. The summed E-state index contributed by atoms with van der Waals surface area (Å²) in [7, 11) is 0. The Morgan fingerprint density at radius 1 is 1.27 bits per heavy atom. The number of rotatable bonds is 2. The molecule has 0 aromatic heterocycles. The number of aliphatic carboxylic acids is 2. The van der Waals surface area contributed by atoms with Crippen LogP contribution in [0.5, 0.6) is 0 Å². The summed E-state index contributed by atoms with van der Waals surface area (Å²) >= 11 is 0. The molecule has 0 radical (unpaired) electrons. The Hall–Kier alpha value is -1.47. The van der Waals surface area contributed by atoms with Gasteiger partial charge in [-0.05, 0) is 0 Å². The largest absolute Gasteiger partial charge is 0.480 e. The monoisotopic (exact) mass is 167 g/mol. The number of carboxylic acid groups (broad SMARTS) is 2. The van der Waals surface area contributed by atoms with Crippen LogP contribution in [0.4, 0.5) is 0 Å². The predicted octanol–water partition coefficient (Wildman–Crippen LogP) is -1.50. The van der Waals surface area contributed by atoms with E-state index in [1.54, 1.807) is 0 Å². The van der Waals surface area contributed by atoms with Crippen LogP contribution in [0.1, 0.15) is 0 Å². The standard InChI is InChI=1S/C2H4O3.C2H2O3.H3N/c2*3-1-2(4)5;/h3H,1H2,(H,4,5);1H,(H,4,5);1H3. The fourth-order valence-corrected chi connectivity index (χ4v) is 0. The minimum atomic E-state index is -1.43. The zero-order chi connectivity index (χ0) is 8.57. The molecule has 0 amide bonds. The Morgan fingerprint density at radius 3 is 1.45 bits per heavy atom. The summed E-state index contributed by atoms with van der Waals surface area (Å²) in [5, 5.41) is 22.4. The van der Waals surface area contributed by atoms with Gasteiger partial charge in [0.05, 0.1) is 0 Å². The summed E-state index contributed by atoms with van der Waals surface area (Å²) in [4.78, 5) is 27.0. The zero-order valence-corrected chi connectivity index (χ0v) is 5.56. The second-order valence-corrected chi connectivity index (χ2v) is 1.01. The summed E-state index contributed by atoms with van der Waals surface area (Å²) in [6, 6.07) is 0. The second-order valence-electron chi connectivity index (χ2n) is 1.01. The van der Waals surface area contributed by atoms with Gasteiger partial charge in [0, 0.05) is 0 Å². The Kier molecular flexibility index (Phi) is 16.8. The maximum Gasteiger partial charge on any atom is 0.368 e. The Labute approximate surface area is 61.8 Å². The summed E-state index contributed by atoms with van der Waals surface area (Å²) in [5.41, 5.74) is 0.